The van der Waals surface area contributed by atoms with Crippen molar-refractivity contribution in [2.75, 3.05) is 31.3 Å². The molecule has 1 saturated heterocycles. The van der Waals surface area contributed by atoms with Crippen LogP contribution in [0.1, 0.15) is 12.8 Å². The molecule has 0 bridgehead atoms. The van der Waals surface area contributed by atoms with Crippen LogP contribution in [0.4, 0.5) is 5.69 Å². The molecule has 2 heterocycles. The van der Waals surface area contributed by atoms with Crippen molar-refractivity contribution in [3.8, 4) is 11.5 Å². The minimum atomic E-state index is -3.84. The van der Waals surface area contributed by atoms with Gasteiger partial charge in [-0.25, -0.2) is 8.42 Å². The zero-order valence-corrected chi connectivity index (χ0v) is 17.6. The molecule has 4 rings (SSSR count). The minimum absolute atomic E-state index is 0.103. The second-order valence-electron chi connectivity index (χ2n) is 6.80. The molecule has 29 heavy (non-hydrogen) atoms. The molecule has 0 radical (unpaired) electrons. The van der Waals surface area contributed by atoms with Gasteiger partial charge in [0, 0.05) is 23.2 Å². The summed E-state index contributed by atoms with van der Waals surface area (Å²) in [4.78, 5) is 14.0. The number of hydrogen-bond acceptors (Lipinski definition) is 6. The molecule has 2 aliphatic heterocycles. The third-order valence-electron chi connectivity index (χ3n) is 4.96. The zero-order chi connectivity index (χ0) is 20.4. The summed E-state index contributed by atoms with van der Waals surface area (Å²) in [5, 5.41) is 2.86. The summed E-state index contributed by atoms with van der Waals surface area (Å²) in [5.41, 5.74) is 0.658. The summed E-state index contributed by atoms with van der Waals surface area (Å²) in [5.74, 6) is 0.618. The monoisotopic (exact) mass is 434 g/mol. The third-order valence-corrected chi connectivity index (χ3v) is 7.59. The van der Waals surface area contributed by atoms with E-state index in [0.717, 1.165) is 4.90 Å². The van der Waals surface area contributed by atoms with Gasteiger partial charge in [-0.3, -0.25) is 4.79 Å². The summed E-state index contributed by atoms with van der Waals surface area (Å²) in [6.45, 7) is 1.12. The van der Waals surface area contributed by atoms with Crippen molar-refractivity contribution in [3.05, 3.63) is 42.5 Å². The summed E-state index contributed by atoms with van der Waals surface area (Å²) in [6.07, 6.45) is 3.07. The molecule has 154 valence electrons. The second-order valence-corrected chi connectivity index (χ2v) is 9.57. The number of anilines is 1. The number of hydrogen-bond donors (Lipinski definition) is 1. The van der Waals surface area contributed by atoms with Gasteiger partial charge in [0.1, 0.15) is 19.3 Å². The van der Waals surface area contributed by atoms with Crippen molar-refractivity contribution < 1.29 is 22.7 Å². The molecule has 1 unspecified atom stereocenters. The Morgan fingerprint density at radius 1 is 1.14 bits per heavy atom. The van der Waals surface area contributed by atoms with Gasteiger partial charge in [-0.05, 0) is 49.4 Å². The van der Waals surface area contributed by atoms with E-state index in [9.17, 15) is 13.2 Å². The summed E-state index contributed by atoms with van der Waals surface area (Å²) < 4.78 is 38.7. The Morgan fingerprint density at radius 2 is 1.93 bits per heavy atom. The van der Waals surface area contributed by atoms with E-state index >= 15 is 0 Å². The number of amides is 1. The van der Waals surface area contributed by atoms with Crippen LogP contribution in [0.15, 0.2) is 52.3 Å². The Hall–Kier alpha value is -2.23. The highest BCUT2D eigenvalue weighted by molar-refractivity contribution is 7.98. The van der Waals surface area contributed by atoms with Gasteiger partial charge in [-0.1, -0.05) is 6.07 Å². The number of nitrogens with one attached hydrogen (secondary N) is 1. The Labute approximate surface area is 174 Å². The smallest absolute Gasteiger partial charge is 0.243 e. The van der Waals surface area contributed by atoms with E-state index in [1.54, 1.807) is 23.9 Å². The van der Waals surface area contributed by atoms with Gasteiger partial charge >= 0.3 is 0 Å². The van der Waals surface area contributed by atoms with E-state index in [1.165, 1.54) is 16.4 Å². The molecule has 0 saturated carbocycles. The predicted molar refractivity (Wildman–Crippen MR) is 111 cm³/mol. The molecule has 2 aromatic rings. The Balaban J connectivity index is 1.56. The molecular formula is C20H22N2O5S2. The number of carbonyl (C=O) groups excluding carboxylic acids is 1. The average Bonchev–Trinajstić information content (AvgIpc) is 3.24. The Kier molecular flexibility index (Phi) is 5.71. The highest BCUT2D eigenvalue weighted by Crippen LogP contribution is 2.35. The van der Waals surface area contributed by atoms with E-state index in [0.29, 0.717) is 49.8 Å². The van der Waals surface area contributed by atoms with Crippen molar-refractivity contribution in [3.63, 3.8) is 0 Å². The second kappa shape index (κ2) is 8.25. The van der Waals surface area contributed by atoms with Gasteiger partial charge in [-0.15, -0.1) is 11.8 Å². The highest BCUT2D eigenvalue weighted by Gasteiger charge is 2.39. The lowest BCUT2D eigenvalue weighted by Gasteiger charge is -2.24. The molecule has 1 amide bonds. The van der Waals surface area contributed by atoms with Gasteiger partial charge in [0.25, 0.3) is 0 Å². The van der Waals surface area contributed by atoms with Crippen LogP contribution in [0.2, 0.25) is 0 Å². The first-order chi connectivity index (χ1) is 14.0. The molecule has 1 atom stereocenters. The fraction of sp³-hybridized carbons (Fsp3) is 0.350. The van der Waals surface area contributed by atoms with Crippen molar-refractivity contribution in [1.29, 1.82) is 0 Å². The maximum Gasteiger partial charge on any atom is 0.243 e. The van der Waals surface area contributed by atoms with Gasteiger partial charge in [-0.2, -0.15) is 4.31 Å². The molecule has 2 aromatic carbocycles. The van der Waals surface area contributed by atoms with E-state index in [-0.39, 0.29) is 10.8 Å². The summed E-state index contributed by atoms with van der Waals surface area (Å²) in [6, 6.07) is 11.3. The Bertz CT molecular complexity index is 1030. The van der Waals surface area contributed by atoms with E-state index in [4.69, 9.17) is 9.47 Å². The van der Waals surface area contributed by atoms with Gasteiger partial charge in [0.2, 0.25) is 15.9 Å². The zero-order valence-electron chi connectivity index (χ0n) is 16.0. The normalized spacial score (nSPS) is 19.1. The molecule has 2 aliphatic rings. The van der Waals surface area contributed by atoms with Gasteiger partial charge in [0.15, 0.2) is 11.5 Å². The quantitative estimate of drug-likeness (QED) is 0.729. The lowest BCUT2D eigenvalue weighted by molar-refractivity contribution is -0.119. The standard InChI is InChI=1S/C20H22N2O5S2/c1-28-15-5-2-4-14(12-15)21-20(23)17-6-3-9-22(17)29(24,25)16-7-8-18-19(13-16)27-11-10-26-18/h2,4-5,7-8,12-13,17H,3,6,9-11H2,1H3,(H,21,23). The Morgan fingerprint density at radius 3 is 2.72 bits per heavy atom. The van der Waals surface area contributed by atoms with E-state index in [2.05, 4.69) is 5.32 Å². The first-order valence-electron chi connectivity index (χ1n) is 9.35. The van der Waals surface area contributed by atoms with Crippen LogP contribution in [-0.4, -0.2) is 50.7 Å². The molecule has 0 spiro atoms. The van der Waals surface area contributed by atoms with E-state index < -0.39 is 16.1 Å². The fourth-order valence-corrected chi connectivity index (χ4v) is 5.67. The van der Waals surface area contributed by atoms with Gasteiger partial charge < -0.3 is 14.8 Å². The number of carbonyl (C=O) groups is 1. The van der Waals surface area contributed by atoms with Crippen molar-refractivity contribution in [2.24, 2.45) is 0 Å². The molecule has 9 heteroatoms. The largest absolute Gasteiger partial charge is 0.486 e. The molecule has 1 N–H and O–H groups in total. The molecule has 7 nitrogen and oxygen atoms in total. The molecule has 1 fully saturated rings. The number of rotatable bonds is 5. The van der Waals surface area contributed by atoms with Crippen LogP contribution in [0.3, 0.4) is 0 Å². The maximum absolute atomic E-state index is 13.2. The number of fused-ring (bicyclic) bond motifs is 1. The van der Waals surface area contributed by atoms with Crippen molar-refractivity contribution in [1.82, 2.24) is 4.31 Å². The highest BCUT2D eigenvalue weighted by atomic mass is 32.2. The topological polar surface area (TPSA) is 84.9 Å². The van der Waals surface area contributed by atoms with Crippen molar-refractivity contribution in [2.45, 2.75) is 28.7 Å². The minimum Gasteiger partial charge on any atom is -0.486 e. The van der Waals surface area contributed by atoms with Crippen LogP contribution in [0.5, 0.6) is 11.5 Å². The average molecular weight is 435 g/mol. The summed E-state index contributed by atoms with van der Waals surface area (Å²) >= 11 is 1.58. The van der Waals surface area contributed by atoms with Crippen LogP contribution in [0, 0.1) is 0 Å². The molecular weight excluding hydrogens is 412 g/mol. The first-order valence-corrected chi connectivity index (χ1v) is 12.0. The van der Waals surface area contributed by atoms with Crippen LogP contribution in [0.25, 0.3) is 0 Å². The fourth-order valence-electron chi connectivity index (χ4n) is 3.54. The molecule has 0 aliphatic carbocycles. The number of nitrogens with zero attached hydrogens (tertiary/aromatic N) is 1. The lowest BCUT2D eigenvalue weighted by atomic mass is 10.2. The third kappa shape index (κ3) is 4.08. The molecule has 0 aromatic heterocycles. The number of benzene rings is 2. The summed E-state index contributed by atoms with van der Waals surface area (Å²) in [7, 11) is -3.84. The predicted octanol–water partition coefficient (Wildman–Crippen LogP) is 2.97. The number of thioether (sulfide) groups is 1. The SMILES string of the molecule is CSc1cccc(NC(=O)C2CCCN2S(=O)(=O)c2ccc3c(c2)OCCO3)c1. The first kappa shape index (κ1) is 20.1. The van der Waals surface area contributed by atoms with E-state index in [1.807, 2.05) is 24.5 Å². The van der Waals surface area contributed by atoms with Crippen LogP contribution in [-0.2, 0) is 14.8 Å². The van der Waals surface area contributed by atoms with Crippen molar-refractivity contribution >= 4 is 33.4 Å². The van der Waals surface area contributed by atoms with Gasteiger partial charge in [0.05, 0.1) is 4.90 Å². The van der Waals surface area contributed by atoms with Crippen LogP contribution >= 0.6 is 11.8 Å². The van der Waals surface area contributed by atoms with Crippen LogP contribution < -0.4 is 14.8 Å². The number of ether oxygens (including phenoxy) is 2. The number of sulfonamides is 1. The maximum atomic E-state index is 13.2. The lowest BCUT2D eigenvalue weighted by Crippen LogP contribution is -2.43.